The predicted octanol–water partition coefficient (Wildman–Crippen LogP) is 8.80. The van der Waals surface area contributed by atoms with Crippen LogP contribution in [0.3, 0.4) is 0 Å². The van der Waals surface area contributed by atoms with Crippen LogP contribution in [0.5, 0.6) is 0 Å². The van der Waals surface area contributed by atoms with Crippen LogP contribution >= 0.6 is 34.8 Å². The molecule has 0 aliphatic rings. The van der Waals surface area contributed by atoms with E-state index in [1.54, 1.807) is 30.5 Å². The Hall–Kier alpha value is -4.65. The maximum atomic E-state index is 11.9. The quantitative estimate of drug-likeness (QED) is 0.207. The van der Waals surface area contributed by atoms with E-state index in [0.29, 0.717) is 31.7 Å². The van der Waals surface area contributed by atoms with Crippen molar-refractivity contribution in [2.75, 3.05) is 0 Å². The Balaban J connectivity index is 0.000000161. The second kappa shape index (κ2) is 11.6. The molecule has 0 saturated heterocycles. The highest BCUT2D eigenvalue weighted by molar-refractivity contribution is 6.39. The summed E-state index contributed by atoms with van der Waals surface area (Å²) < 4.78 is 0. The van der Waals surface area contributed by atoms with Crippen molar-refractivity contribution in [3.05, 3.63) is 134 Å². The summed E-state index contributed by atoms with van der Waals surface area (Å²) in [6, 6.07) is 30.2. The number of aromatic nitrogens is 2. The lowest BCUT2D eigenvalue weighted by Crippen LogP contribution is -2.05. The summed E-state index contributed by atoms with van der Waals surface area (Å²) in [6.45, 7) is 0. The number of nitrogens with one attached hydrogen (secondary N) is 1. The fraction of sp³-hybridized carbons (Fsp3) is 0. The molecule has 0 atom stereocenters. The van der Waals surface area contributed by atoms with Gasteiger partial charge in [0.25, 0.3) is 5.56 Å². The number of rotatable bonds is 2. The molecule has 4 aromatic carbocycles. The van der Waals surface area contributed by atoms with Gasteiger partial charge in [-0.05, 0) is 58.7 Å². The monoisotopic (exact) mass is 578 g/mol. The number of hydrogen-bond acceptors (Lipinski definition) is 4. The SMILES string of the molecule is N#Cc1cccc(-c2ccc3c(Cl)c[nH]c(=O)c3c2)c1.N#Cc1cccc(-c2ccc3c(Cl)cnc(Cl)c3c2)c1. The fourth-order valence-corrected chi connectivity index (χ4v) is 4.93. The molecule has 6 rings (SSSR count). The van der Waals surface area contributed by atoms with Crippen LogP contribution in [0.2, 0.25) is 15.2 Å². The molecule has 0 saturated carbocycles. The van der Waals surface area contributed by atoms with E-state index >= 15 is 0 Å². The summed E-state index contributed by atoms with van der Waals surface area (Å²) >= 11 is 18.3. The van der Waals surface area contributed by atoms with Crippen molar-refractivity contribution in [2.45, 2.75) is 0 Å². The van der Waals surface area contributed by atoms with Gasteiger partial charge in [0.2, 0.25) is 0 Å². The van der Waals surface area contributed by atoms with Gasteiger partial charge in [-0.2, -0.15) is 10.5 Å². The Morgan fingerprint density at radius 3 is 1.73 bits per heavy atom. The molecule has 2 aromatic heterocycles. The third-order valence-corrected chi connectivity index (χ3v) is 7.21. The number of H-pyrrole nitrogens is 1. The maximum absolute atomic E-state index is 11.9. The van der Waals surface area contributed by atoms with Crippen LogP contribution in [0.25, 0.3) is 43.8 Å². The number of aromatic amines is 1. The molecule has 5 nitrogen and oxygen atoms in total. The van der Waals surface area contributed by atoms with Gasteiger partial charge in [0.1, 0.15) is 5.15 Å². The van der Waals surface area contributed by atoms with Crippen molar-refractivity contribution in [3.8, 4) is 34.4 Å². The van der Waals surface area contributed by atoms with Gasteiger partial charge in [0, 0.05) is 33.9 Å². The molecular weight excluding hydrogens is 563 g/mol. The second-order valence-electron chi connectivity index (χ2n) is 8.77. The second-order valence-corrected chi connectivity index (χ2v) is 9.94. The third kappa shape index (κ3) is 5.54. The zero-order chi connectivity index (χ0) is 28.2. The molecule has 0 bridgehead atoms. The molecule has 0 unspecified atom stereocenters. The van der Waals surface area contributed by atoms with Crippen LogP contribution in [-0.4, -0.2) is 9.97 Å². The first kappa shape index (κ1) is 26.9. The van der Waals surface area contributed by atoms with E-state index in [9.17, 15) is 4.79 Å². The summed E-state index contributed by atoms with van der Waals surface area (Å²) in [5.41, 5.74) is 4.73. The van der Waals surface area contributed by atoms with Gasteiger partial charge in [0.15, 0.2) is 0 Å². The fourth-order valence-electron chi connectivity index (χ4n) is 4.30. The molecule has 0 fully saturated rings. The molecule has 192 valence electrons. The van der Waals surface area contributed by atoms with E-state index in [1.807, 2.05) is 60.7 Å². The van der Waals surface area contributed by atoms with Gasteiger partial charge >= 0.3 is 0 Å². The van der Waals surface area contributed by atoms with Crippen LogP contribution in [0.15, 0.2) is 102 Å². The Bertz CT molecular complexity index is 2060. The first-order chi connectivity index (χ1) is 19.4. The summed E-state index contributed by atoms with van der Waals surface area (Å²) in [4.78, 5) is 18.5. The first-order valence-corrected chi connectivity index (χ1v) is 13.1. The van der Waals surface area contributed by atoms with Crippen LogP contribution in [0, 0.1) is 22.7 Å². The largest absolute Gasteiger partial charge is 0.327 e. The lowest BCUT2D eigenvalue weighted by molar-refractivity contribution is 1.28. The first-order valence-electron chi connectivity index (χ1n) is 11.9. The van der Waals surface area contributed by atoms with Crippen molar-refractivity contribution < 1.29 is 0 Å². The number of halogens is 3. The summed E-state index contributed by atoms with van der Waals surface area (Å²) in [7, 11) is 0. The van der Waals surface area contributed by atoms with Crippen molar-refractivity contribution in [3.63, 3.8) is 0 Å². The lowest BCUT2D eigenvalue weighted by Gasteiger charge is -2.06. The summed E-state index contributed by atoms with van der Waals surface area (Å²) in [6.07, 6.45) is 3.03. The van der Waals surface area contributed by atoms with Gasteiger partial charge in [-0.3, -0.25) is 4.79 Å². The van der Waals surface area contributed by atoms with Crippen LogP contribution in [0.1, 0.15) is 11.1 Å². The Labute approximate surface area is 244 Å². The van der Waals surface area contributed by atoms with Crippen molar-refractivity contribution in [1.82, 2.24) is 9.97 Å². The molecule has 6 aromatic rings. The number of pyridine rings is 2. The Morgan fingerprint density at radius 2 is 1.15 bits per heavy atom. The smallest absolute Gasteiger partial charge is 0.255 e. The molecule has 0 aliphatic carbocycles. The maximum Gasteiger partial charge on any atom is 0.255 e. The molecule has 2 heterocycles. The highest BCUT2D eigenvalue weighted by Gasteiger charge is 2.08. The molecule has 0 radical (unpaired) electrons. The summed E-state index contributed by atoms with van der Waals surface area (Å²) in [5.74, 6) is 0. The van der Waals surface area contributed by atoms with Crippen LogP contribution in [-0.2, 0) is 0 Å². The normalized spacial score (nSPS) is 10.4. The van der Waals surface area contributed by atoms with E-state index in [0.717, 1.165) is 38.4 Å². The Kier molecular flexibility index (Phi) is 7.82. The number of hydrogen-bond donors (Lipinski definition) is 1. The number of benzene rings is 4. The average molecular weight is 580 g/mol. The van der Waals surface area contributed by atoms with Gasteiger partial charge in [0.05, 0.1) is 33.3 Å². The van der Waals surface area contributed by atoms with Gasteiger partial charge in [-0.1, -0.05) is 83.3 Å². The molecule has 1 N–H and O–H groups in total. The molecular formula is C32H17Cl3N4O. The average Bonchev–Trinajstić information content (AvgIpc) is 3.01. The van der Waals surface area contributed by atoms with Crippen molar-refractivity contribution >= 4 is 56.3 Å². The van der Waals surface area contributed by atoms with Gasteiger partial charge < -0.3 is 4.98 Å². The molecule has 8 heteroatoms. The van der Waals surface area contributed by atoms with E-state index in [1.165, 1.54) is 6.20 Å². The standard InChI is InChI=1S/C16H8Cl2N2.C16H9ClN2O/c17-15-9-20-16(18)14-7-12(4-5-13(14)15)11-3-1-2-10(6-11)8-19;17-15-9-19-16(20)14-7-12(4-5-13(14)15)11-3-1-2-10(6-11)8-18/h1-7,9H;1-7,9H,(H,19,20). The predicted molar refractivity (Wildman–Crippen MR) is 162 cm³/mol. The zero-order valence-corrected chi connectivity index (χ0v) is 22.9. The minimum atomic E-state index is -0.178. The minimum absolute atomic E-state index is 0.178. The molecule has 0 aliphatic heterocycles. The van der Waals surface area contributed by atoms with Gasteiger partial charge in [-0.25, -0.2) is 4.98 Å². The highest BCUT2D eigenvalue weighted by atomic mass is 35.5. The topological polar surface area (TPSA) is 93.3 Å². The minimum Gasteiger partial charge on any atom is -0.327 e. The van der Waals surface area contributed by atoms with Gasteiger partial charge in [-0.15, -0.1) is 0 Å². The lowest BCUT2D eigenvalue weighted by atomic mass is 10.0. The van der Waals surface area contributed by atoms with E-state index in [-0.39, 0.29) is 5.56 Å². The number of nitriles is 2. The number of nitrogens with zero attached hydrogens (tertiary/aromatic N) is 3. The number of fused-ring (bicyclic) bond motifs is 2. The molecule has 0 spiro atoms. The van der Waals surface area contributed by atoms with Crippen molar-refractivity contribution in [1.29, 1.82) is 10.5 Å². The van der Waals surface area contributed by atoms with E-state index < -0.39 is 0 Å². The zero-order valence-electron chi connectivity index (χ0n) is 20.6. The van der Waals surface area contributed by atoms with E-state index in [2.05, 4.69) is 22.1 Å². The third-order valence-electron chi connectivity index (χ3n) is 6.29. The van der Waals surface area contributed by atoms with E-state index in [4.69, 9.17) is 45.3 Å². The summed E-state index contributed by atoms with van der Waals surface area (Å²) in [5, 5.41) is 22.3. The highest BCUT2D eigenvalue weighted by Crippen LogP contribution is 2.32. The molecule has 0 amide bonds. The van der Waals surface area contributed by atoms with Crippen LogP contribution < -0.4 is 5.56 Å². The van der Waals surface area contributed by atoms with Crippen LogP contribution in [0.4, 0.5) is 0 Å². The molecule has 40 heavy (non-hydrogen) atoms. The van der Waals surface area contributed by atoms with Crippen molar-refractivity contribution in [2.24, 2.45) is 0 Å². The Morgan fingerprint density at radius 1 is 0.625 bits per heavy atom.